The number of nitrogens with one attached hydrogen (secondary N) is 1. The summed E-state index contributed by atoms with van der Waals surface area (Å²) in [6.45, 7) is 2.17. The molecule has 0 unspecified atom stereocenters. The Morgan fingerprint density at radius 3 is 2.70 bits per heavy atom. The van der Waals surface area contributed by atoms with Crippen LogP contribution >= 0.6 is 0 Å². The van der Waals surface area contributed by atoms with E-state index < -0.39 is 11.2 Å². The second-order valence-corrected chi connectivity index (χ2v) is 5.35. The molecule has 0 amide bonds. The third-order valence-corrected chi connectivity index (χ3v) is 3.36. The van der Waals surface area contributed by atoms with Crippen LogP contribution in [0.1, 0.15) is 57.4 Å². The van der Waals surface area contributed by atoms with Crippen LogP contribution in [0.15, 0.2) is 15.8 Å². The number of unbranched alkanes of at least 4 members (excludes halogenated alkanes) is 6. The summed E-state index contributed by atoms with van der Waals surface area (Å²) in [5, 5.41) is 8.65. The van der Waals surface area contributed by atoms with Crippen molar-refractivity contribution in [2.24, 2.45) is 0 Å². The Kier molecular flexibility index (Phi) is 9.76. The molecule has 1 heterocycles. The van der Waals surface area contributed by atoms with Crippen LogP contribution in [0.25, 0.3) is 0 Å². The average Bonchev–Trinajstić information content (AvgIpc) is 2.53. The summed E-state index contributed by atoms with van der Waals surface area (Å²) in [7, 11) is 0. The number of aromatic nitrogens is 2. The lowest BCUT2D eigenvalue weighted by atomic mass is 10.1. The number of hydrogen-bond donors (Lipinski definition) is 2. The molecule has 0 spiro atoms. The van der Waals surface area contributed by atoms with Crippen molar-refractivity contribution in [2.75, 3.05) is 13.2 Å². The molecule has 0 aliphatic rings. The van der Waals surface area contributed by atoms with Gasteiger partial charge in [0.1, 0.15) is 12.3 Å². The highest BCUT2D eigenvalue weighted by atomic mass is 16.5. The third kappa shape index (κ3) is 7.82. The van der Waals surface area contributed by atoms with E-state index in [0.717, 1.165) is 19.3 Å². The van der Waals surface area contributed by atoms with Crippen LogP contribution in [0.4, 0.5) is 0 Å². The largest absolute Gasteiger partial charge is 0.394 e. The molecular weight excluding hydrogens is 296 g/mol. The number of rotatable bonds is 10. The van der Waals surface area contributed by atoms with Gasteiger partial charge < -0.3 is 9.84 Å². The van der Waals surface area contributed by atoms with E-state index in [1.165, 1.54) is 36.4 Å². The van der Waals surface area contributed by atoms with E-state index in [-0.39, 0.29) is 25.5 Å². The van der Waals surface area contributed by atoms with Gasteiger partial charge in [0.25, 0.3) is 5.56 Å². The minimum atomic E-state index is -0.547. The zero-order chi connectivity index (χ0) is 16.9. The van der Waals surface area contributed by atoms with Crippen LogP contribution in [0.5, 0.6) is 0 Å². The SMILES string of the molecule is CCCCCCCCC#Cc1cn(COCCO)c(=O)[nH]c1=O. The van der Waals surface area contributed by atoms with E-state index in [2.05, 4.69) is 23.7 Å². The summed E-state index contributed by atoms with van der Waals surface area (Å²) in [4.78, 5) is 25.5. The van der Waals surface area contributed by atoms with Gasteiger partial charge in [-0.2, -0.15) is 0 Å². The van der Waals surface area contributed by atoms with E-state index in [0.29, 0.717) is 0 Å². The van der Waals surface area contributed by atoms with Gasteiger partial charge in [0.15, 0.2) is 0 Å². The summed E-state index contributed by atoms with van der Waals surface area (Å²) in [6.07, 6.45) is 9.32. The average molecular weight is 322 g/mol. The van der Waals surface area contributed by atoms with Crippen molar-refractivity contribution in [3.05, 3.63) is 32.6 Å². The number of nitrogens with zero attached hydrogens (tertiary/aromatic N) is 1. The predicted molar refractivity (Wildman–Crippen MR) is 89.2 cm³/mol. The molecule has 0 aromatic carbocycles. The maximum absolute atomic E-state index is 11.7. The normalized spacial score (nSPS) is 10.3. The second-order valence-electron chi connectivity index (χ2n) is 5.35. The van der Waals surface area contributed by atoms with E-state index in [4.69, 9.17) is 9.84 Å². The number of H-pyrrole nitrogens is 1. The zero-order valence-electron chi connectivity index (χ0n) is 13.8. The highest BCUT2D eigenvalue weighted by Gasteiger charge is 2.02. The van der Waals surface area contributed by atoms with Gasteiger partial charge in [-0.25, -0.2) is 4.79 Å². The molecular formula is C17H26N2O4. The summed E-state index contributed by atoms with van der Waals surface area (Å²) >= 11 is 0. The lowest BCUT2D eigenvalue weighted by Gasteiger charge is -2.05. The number of aliphatic hydroxyl groups excluding tert-OH is 1. The van der Waals surface area contributed by atoms with Crippen LogP contribution < -0.4 is 11.2 Å². The topological polar surface area (TPSA) is 84.3 Å². The van der Waals surface area contributed by atoms with Crippen molar-refractivity contribution in [1.29, 1.82) is 0 Å². The van der Waals surface area contributed by atoms with Crippen molar-refractivity contribution in [2.45, 2.75) is 58.6 Å². The van der Waals surface area contributed by atoms with Gasteiger partial charge in [0, 0.05) is 12.6 Å². The van der Waals surface area contributed by atoms with Crippen LogP contribution in [0, 0.1) is 11.8 Å². The van der Waals surface area contributed by atoms with Crippen LogP contribution in [0.3, 0.4) is 0 Å². The smallest absolute Gasteiger partial charge is 0.330 e. The van der Waals surface area contributed by atoms with Gasteiger partial charge >= 0.3 is 5.69 Å². The summed E-state index contributed by atoms with van der Waals surface area (Å²) in [5.41, 5.74) is -0.776. The number of ether oxygens (including phenoxy) is 1. The number of hydrogen-bond acceptors (Lipinski definition) is 4. The zero-order valence-corrected chi connectivity index (χ0v) is 13.8. The highest BCUT2D eigenvalue weighted by molar-refractivity contribution is 5.29. The lowest BCUT2D eigenvalue weighted by Crippen LogP contribution is -2.31. The molecule has 1 aromatic heterocycles. The van der Waals surface area contributed by atoms with Gasteiger partial charge in [-0.15, -0.1) is 0 Å². The molecule has 23 heavy (non-hydrogen) atoms. The quantitative estimate of drug-likeness (QED) is 0.506. The first-order valence-corrected chi connectivity index (χ1v) is 8.20. The highest BCUT2D eigenvalue weighted by Crippen LogP contribution is 2.06. The van der Waals surface area contributed by atoms with Crippen LogP contribution in [-0.2, 0) is 11.5 Å². The van der Waals surface area contributed by atoms with Crippen LogP contribution in [-0.4, -0.2) is 27.9 Å². The molecule has 0 saturated heterocycles. The summed E-state index contributed by atoms with van der Waals surface area (Å²) in [6, 6.07) is 0. The minimum Gasteiger partial charge on any atom is -0.394 e. The minimum absolute atomic E-state index is 0.0255. The monoisotopic (exact) mass is 322 g/mol. The Labute approximate surface area is 136 Å². The molecule has 0 atom stereocenters. The Balaban J connectivity index is 2.53. The molecule has 128 valence electrons. The summed E-state index contributed by atoms with van der Waals surface area (Å²) < 4.78 is 6.31. The molecule has 6 nitrogen and oxygen atoms in total. The van der Waals surface area contributed by atoms with Crippen molar-refractivity contribution >= 4 is 0 Å². The van der Waals surface area contributed by atoms with Gasteiger partial charge in [0.05, 0.1) is 13.2 Å². The first-order valence-electron chi connectivity index (χ1n) is 8.20. The Morgan fingerprint density at radius 1 is 1.22 bits per heavy atom. The molecule has 1 aromatic rings. The van der Waals surface area contributed by atoms with Gasteiger partial charge in [0.2, 0.25) is 0 Å². The molecule has 1 rings (SSSR count). The fourth-order valence-electron chi connectivity index (χ4n) is 2.07. The van der Waals surface area contributed by atoms with Gasteiger partial charge in [-0.3, -0.25) is 14.3 Å². The molecule has 6 heteroatoms. The fraction of sp³-hybridized carbons (Fsp3) is 0.647. The van der Waals surface area contributed by atoms with Crippen molar-refractivity contribution in [3.63, 3.8) is 0 Å². The number of aliphatic hydroxyl groups is 1. The predicted octanol–water partition coefficient (Wildman–Crippen LogP) is 1.61. The molecule has 0 radical (unpaired) electrons. The maximum Gasteiger partial charge on any atom is 0.330 e. The van der Waals surface area contributed by atoms with Gasteiger partial charge in [-0.1, -0.05) is 50.9 Å². The lowest BCUT2D eigenvalue weighted by molar-refractivity contribution is 0.0456. The molecule has 0 bridgehead atoms. The molecule has 0 saturated carbocycles. The van der Waals surface area contributed by atoms with E-state index in [9.17, 15) is 9.59 Å². The summed E-state index contributed by atoms with van der Waals surface area (Å²) in [5.74, 6) is 5.80. The Morgan fingerprint density at radius 2 is 1.96 bits per heavy atom. The molecule has 0 aliphatic carbocycles. The van der Waals surface area contributed by atoms with Crippen LogP contribution in [0.2, 0.25) is 0 Å². The van der Waals surface area contributed by atoms with Crippen molar-refractivity contribution in [1.82, 2.24) is 9.55 Å². The Bertz CT molecular complexity index is 622. The first kappa shape index (κ1) is 19.2. The van der Waals surface area contributed by atoms with Crippen molar-refractivity contribution < 1.29 is 9.84 Å². The van der Waals surface area contributed by atoms with Crippen molar-refractivity contribution in [3.8, 4) is 11.8 Å². The van der Waals surface area contributed by atoms with Gasteiger partial charge in [-0.05, 0) is 6.42 Å². The molecule has 0 aliphatic heterocycles. The number of aromatic amines is 1. The fourth-order valence-corrected chi connectivity index (χ4v) is 2.07. The maximum atomic E-state index is 11.7. The standard InChI is InChI=1S/C17H26N2O4/c1-2-3-4-5-6-7-8-9-10-15-13-19(14-23-12-11-20)17(22)18-16(15)21/h13,20H,2-8,11-12,14H2,1H3,(H,18,21,22). The third-order valence-electron chi connectivity index (χ3n) is 3.36. The molecule has 0 fully saturated rings. The van der Waals surface area contributed by atoms with E-state index >= 15 is 0 Å². The van der Waals surface area contributed by atoms with E-state index in [1.54, 1.807) is 0 Å². The second kappa shape index (κ2) is 11.7. The Hall–Kier alpha value is -1.84. The van der Waals surface area contributed by atoms with E-state index in [1.807, 2.05) is 0 Å². The molecule has 2 N–H and O–H groups in total. The first-order chi connectivity index (χ1) is 11.2.